The maximum atomic E-state index is 3.84. The summed E-state index contributed by atoms with van der Waals surface area (Å²) in [4.78, 5) is 11.5. The quantitative estimate of drug-likeness (QED) is 0.251. The van der Waals surface area contributed by atoms with Crippen molar-refractivity contribution in [3.05, 3.63) is 103 Å². The average molecular weight is 711 g/mol. The molecule has 0 aromatic heterocycles. The first-order valence-electron chi connectivity index (χ1n) is 13.7. The molecular formula is C34H37N5Pt-2. The van der Waals surface area contributed by atoms with Crippen molar-refractivity contribution < 1.29 is 17.6 Å². The predicted octanol–water partition coefficient (Wildman–Crippen LogP) is 7.07. The van der Waals surface area contributed by atoms with Crippen LogP contribution in [0.25, 0.3) is 0 Å². The van der Waals surface area contributed by atoms with Gasteiger partial charge in [0.15, 0.2) is 0 Å². The second kappa shape index (κ2) is 9.59. The van der Waals surface area contributed by atoms with Crippen LogP contribution in [0.4, 0.5) is 28.4 Å². The Kier molecular flexibility index (Phi) is 6.42. The number of anilines is 5. The van der Waals surface area contributed by atoms with E-state index in [0.717, 1.165) is 22.7 Å². The Morgan fingerprint density at radius 1 is 0.550 bits per heavy atom. The van der Waals surface area contributed by atoms with Crippen LogP contribution in [0.1, 0.15) is 52.7 Å². The molecule has 4 bridgehead atoms. The maximum absolute atomic E-state index is 3.84. The third-order valence-corrected chi connectivity index (χ3v) is 11.0. The van der Waals surface area contributed by atoms with Crippen molar-refractivity contribution in [1.82, 2.24) is 9.80 Å². The predicted molar refractivity (Wildman–Crippen MR) is 165 cm³/mol. The molecule has 6 heteroatoms. The van der Waals surface area contributed by atoms with Gasteiger partial charge in [0.25, 0.3) is 0 Å². The number of hydrogen-bond donors (Lipinski definition) is 0. The van der Waals surface area contributed by atoms with Crippen molar-refractivity contribution in [2.45, 2.75) is 52.4 Å². The fourth-order valence-electron chi connectivity index (χ4n) is 5.29. The van der Waals surface area contributed by atoms with Crippen LogP contribution >= 0.6 is 0 Å². The van der Waals surface area contributed by atoms with Gasteiger partial charge in [0.1, 0.15) is 0 Å². The minimum atomic E-state index is -0.538. The standard InChI is InChI=1S/C34H37N5.Pt/c1-33(2,3)30-16-11-17-31(34(4,5)6)32(30)39(28-14-9-12-26(22-28)37-20-18-35(7)24-37)29-15-10-13-27(23-29)38-21-19-36(8)25-38;/h9-21H,1-8H3;/q-2;. The van der Waals surface area contributed by atoms with Crippen molar-refractivity contribution in [3.63, 3.8) is 0 Å². The summed E-state index contributed by atoms with van der Waals surface area (Å²) in [5.41, 5.74) is 7.78. The summed E-state index contributed by atoms with van der Waals surface area (Å²) < 4.78 is 2.58. The van der Waals surface area contributed by atoms with Crippen molar-refractivity contribution in [3.8, 4) is 0 Å². The van der Waals surface area contributed by atoms with E-state index in [9.17, 15) is 0 Å². The van der Waals surface area contributed by atoms with Gasteiger partial charge in [-0.1, -0.05) is 0 Å². The summed E-state index contributed by atoms with van der Waals surface area (Å²) in [6.45, 7) is 13.8. The van der Waals surface area contributed by atoms with Crippen LogP contribution < -0.4 is 14.7 Å². The number of para-hydroxylation sites is 1. The third-order valence-electron chi connectivity index (χ3n) is 7.33. The van der Waals surface area contributed by atoms with Crippen LogP contribution in [0.5, 0.6) is 0 Å². The Balaban J connectivity index is 1.72. The van der Waals surface area contributed by atoms with E-state index in [4.69, 9.17) is 0 Å². The number of hydrogen-bond acceptors (Lipinski definition) is 5. The summed E-state index contributed by atoms with van der Waals surface area (Å²) in [5.74, 6) is 0. The summed E-state index contributed by atoms with van der Waals surface area (Å²) in [5, 5.41) is 0. The minimum absolute atomic E-state index is 0.0668. The molecule has 0 aliphatic carbocycles. The van der Waals surface area contributed by atoms with Gasteiger partial charge < -0.3 is 0 Å². The van der Waals surface area contributed by atoms with Crippen LogP contribution in [0.15, 0.2) is 79.4 Å². The molecule has 3 aliphatic rings. The van der Waals surface area contributed by atoms with Crippen molar-refractivity contribution in [2.24, 2.45) is 0 Å². The van der Waals surface area contributed by atoms with Crippen molar-refractivity contribution in [1.29, 1.82) is 0 Å². The number of rotatable bonds is 1. The second-order valence-corrected chi connectivity index (χ2v) is 15.1. The van der Waals surface area contributed by atoms with E-state index in [1.807, 2.05) is 0 Å². The van der Waals surface area contributed by atoms with Crippen molar-refractivity contribution in [2.75, 3.05) is 28.8 Å². The van der Waals surface area contributed by atoms with Gasteiger partial charge in [0.05, 0.1) is 0 Å². The molecule has 3 aromatic carbocycles. The molecule has 0 N–H and O–H groups in total. The van der Waals surface area contributed by atoms with Gasteiger partial charge in [0, 0.05) is 0 Å². The van der Waals surface area contributed by atoms with E-state index in [1.54, 1.807) is 0 Å². The van der Waals surface area contributed by atoms with E-state index in [-0.39, 0.29) is 10.8 Å². The summed E-state index contributed by atoms with van der Waals surface area (Å²) in [6.07, 6.45) is 8.64. The molecule has 5 nitrogen and oxygen atoms in total. The van der Waals surface area contributed by atoms with Crippen LogP contribution in [-0.4, -0.2) is 32.2 Å². The molecule has 6 rings (SSSR count). The van der Waals surface area contributed by atoms with Gasteiger partial charge in [-0.15, -0.1) is 0 Å². The molecule has 0 amide bonds. The first-order valence-corrected chi connectivity index (χ1v) is 15.9. The number of nitrogens with zero attached hydrogens (tertiary/aromatic N) is 5. The van der Waals surface area contributed by atoms with E-state index >= 15 is 0 Å². The number of benzene rings is 3. The second-order valence-electron chi connectivity index (χ2n) is 12.5. The summed E-state index contributed by atoms with van der Waals surface area (Å²) in [7, 11) is 4.28. The molecule has 0 unspecified atom stereocenters. The van der Waals surface area contributed by atoms with Gasteiger partial charge in [-0.2, -0.15) is 0 Å². The summed E-state index contributed by atoms with van der Waals surface area (Å²) >= 11 is -0.538. The number of fused-ring (bicyclic) bond motifs is 8. The normalized spacial score (nSPS) is 17.1. The van der Waals surface area contributed by atoms with Crippen LogP contribution in [0.2, 0.25) is 0 Å². The Morgan fingerprint density at radius 2 is 0.950 bits per heavy atom. The van der Waals surface area contributed by atoms with Gasteiger partial charge in [0.2, 0.25) is 0 Å². The topological polar surface area (TPSA) is 16.2 Å². The Labute approximate surface area is 247 Å². The van der Waals surface area contributed by atoms with Gasteiger partial charge >= 0.3 is 248 Å². The molecule has 3 heterocycles. The molecule has 0 saturated heterocycles. The first kappa shape index (κ1) is 26.8. The van der Waals surface area contributed by atoms with E-state index < -0.39 is 17.6 Å². The fourth-order valence-corrected chi connectivity index (χ4v) is 8.32. The SMILES string of the molecule is CN1C=CN2[C]1=[Pt]=[C]1N(C)C=CN1c1[c-]c(ccc1)N(c1c(C(C)(C)C)cccc1C(C)(C)C)c1[c-]c2ccc1. The molecule has 3 aromatic rings. The monoisotopic (exact) mass is 710 g/mol. The molecule has 0 saturated carbocycles. The molecule has 0 spiro atoms. The Hall–Kier alpha value is -3.43. The fraction of sp³-hybridized carbons (Fsp3) is 0.294. The van der Waals surface area contributed by atoms with E-state index in [0.29, 0.717) is 0 Å². The van der Waals surface area contributed by atoms with Crippen LogP contribution in [-0.2, 0) is 28.5 Å². The van der Waals surface area contributed by atoms with Gasteiger partial charge in [-0.05, 0) is 0 Å². The Morgan fingerprint density at radius 3 is 1.38 bits per heavy atom. The first-order chi connectivity index (χ1) is 18.9. The molecule has 0 atom stereocenters. The van der Waals surface area contributed by atoms with E-state index in [2.05, 4.69) is 172 Å². The molecule has 210 valence electrons. The third kappa shape index (κ3) is 4.55. The van der Waals surface area contributed by atoms with Crippen LogP contribution in [0, 0.1) is 12.1 Å². The molecule has 40 heavy (non-hydrogen) atoms. The average Bonchev–Trinajstić information content (AvgIpc) is 3.45. The van der Waals surface area contributed by atoms with Crippen LogP contribution in [0.3, 0.4) is 0 Å². The zero-order chi connectivity index (χ0) is 28.4. The van der Waals surface area contributed by atoms with Crippen molar-refractivity contribution >= 4 is 36.7 Å². The molecule has 3 aliphatic heterocycles. The Bertz CT molecular complexity index is 1500. The molecule has 0 fully saturated rings. The zero-order valence-corrected chi connectivity index (χ0v) is 26.8. The molecular weight excluding hydrogens is 673 g/mol. The summed E-state index contributed by atoms with van der Waals surface area (Å²) in [6, 6.07) is 27.5. The van der Waals surface area contributed by atoms with Gasteiger partial charge in [-0.3, -0.25) is 0 Å². The molecule has 0 radical (unpaired) electrons. The van der Waals surface area contributed by atoms with E-state index in [1.165, 1.54) is 25.1 Å². The van der Waals surface area contributed by atoms with Gasteiger partial charge in [-0.25, -0.2) is 0 Å². The zero-order valence-electron chi connectivity index (χ0n) is 24.6.